The number of carbonyl (C=O) groups excluding carboxylic acids is 1. The molecule has 1 fully saturated rings. The molecule has 2 unspecified atom stereocenters. The second-order valence-electron chi connectivity index (χ2n) is 5.41. The Morgan fingerprint density at radius 3 is 2.60 bits per heavy atom. The van der Waals surface area contributed by atoms with Crippen LogP contribution in [0.15, 0.2) is 24.3 Å². The molecule has 1 aliphatic rings. The normalized spacial score (nSPS) is 17.6. The van der Waals surface area contributed by atoms with Gasteiger partial charge >= 0.3 is 0 Å². The second-order valence-corrected chi connectivity index (χ2v) is 5.41. The molecule has 5 heteroatoms. The molecule has 0 saturated carbocycles. The van der Waals surface area contributed by atoms with Gasteiger partial charge in [0.25, 0.3) is 0 Å². The summed E-state index contributed by atoms with van der Waals surface area (Å²) in [5, 5.41) is 6.14. The summed E-state index contributed by atoms with van der Waals surface area (Å²) in [6, 6.07) is 6.65. The van der Waals surface area contributed by atoms with Crippen LogP contribution in [0.5, 0.6) is 0 Å². The fourth-order valence-corrected chi connectivity index (χ4v) is 2.30. The van der Waals surface area contributed by atoms with Gasteiger partial charge in [0.1, 0.15) is 5.82 Å². The van der Waals surface area contributed by atoms with E-state index in [1.54, 1.807) is 12.1 Å². The van der Waals surface area contributed by atoms with E-state index < -0.39 is 0 Å². The number of rotatable bonds is 5. The van der Waals surface area contributed by atoms with Crippen molar-refractivity contribution in [2.24, 2.45) is 11.8 Å². The number of halogens is 2. The van der Waals surface area contributed by atoms with Crippen LogP contribution in [0.25, 0.3) is 0 Å². The van der Waals surface area contributed by atoms with Gasteiger partial charge in [-0.3, -0.25) is 4.79 Å². The maximum absolute atomic E-state index is 13.5. The zero-order valence-corrected chi connectivity index (χ0v) is 12.7. The monoisotopic (exact) mass is 300 g/mol. The summed E-state index contributed by atoms with van der Waals surface area (Å²) in [4.78, 5) is 12.0. The lowest BCUT2D eigenvalue weighted by atomic mass is 9.88. The van der Waals surface area contributed by atoms with Gasteiger partial charge in [-0.2, -0.15) is 0 Å². The molecule has 20 heavy (non-hydrogen) atoms. The van der Waals surface area contributed by atoms with Crippen LogP contribution in [0, 0.1) is 17.7 Å². The van der Waals surface area contributed by atoms with Crippen molar-refractivity contribution in [1.29, 1.82) is 0 Å². The summed E-state index contributed by atoms with van der Waals surface area (Å²) < 4.78 is 13.5. The quantitative estimate of drug-likeness (QED) is 0.875. The lowest BCUT2D eigenvalue weighted by molar-refractivity contribution is -0.127. The molecular formula is C15H22ClFN2O. The second kappa shape index (κ2) is 7.60. The fraction of sp³-hybridized carbons (Fsp3) is 0.533. The molecule has 3 nitrogen and oxygen atoms in total. The molecule has 112 valence electrons. The summed E-state index contributed by atoms with van der Waals surface area (Å²) in [6.07, 6.45) is 0.522. The highest BCUT2D eigenvalue weighted by Gasteiger charge is 2.29. The number of benzene rings is 1. The Hall–Kier alpha value is -1.13. The molecule has 1 aliphatic heterocycles. The first-order valence-electron chi connectivity index (χ1n) is 6.82. The molecule has 2 atom stereocenters. The van der Waals surface area contributed by atoms with Crippen LogP contribution < -0.4 is 10.6 Å². The van der Waals surface area contributed by atoms with Gasteiger partial charge in [0, 0.05) is 12.0 Å². The SMILES string of the molecule is CC(Cc1ccccc1F)NC(=O)C(C)C1CNC1.Cl. The predicted molar refractivity (Wildman–Crippen MR) is 80.5 cm³/mol. The van der Waals surface area contributed by atoms with Crippen LogP contribution >= 0.6 is 12.4 Å². The first kappa shape index (κ1) is 16.9. The van der Waals surface area contributed by atoms with Crippen molar-refractivity contribution in [2.45, 2.75) is 26.3 Å². The number of hydrogen-bond acceptors (Lipinski definition) is 2. The van der Waals surface area contributed by atoms with E-state index in [2.05, 4.69) is 10.6 Å². The smallest absolute Gasteiger partial charge is 0.223 e. The molecule has 0 spiro atoms. The largest absolute Gasteiger partial charge is 0.353 e. The van der Waals surface area contributed by atoms with E-state index in [0.29, 0.717) is 17.9 Å². The van der Waals surface area contributed by atoms with Crippen molar-refractivity contribution >= 4 is 18.3 Å². The predicted octanol–water partition coefficient (Wildman–Crippen LogP) is 2.15. The molecule has 0 aliphatic carbocycles. The van der Waals surface area contributed by atoms with E-state index in [4.69, 9.17) is 0 Å². The summed E-state index contributed by atoms with van der Waals surface area (Å²) in [5.41, 5.74) is 0.647. The maximum Gasteiger partial charge on any atom is 0.223 e. The van der Waals surface area contributed by atoms with Crippen LogP contribution in [0.4, 0.5) is 4.39 Å². The average molecular weight is 301 g/mol. The molecule has 2 rings (SSSR count). The first-order valence-corrected chi connectivity index (χ1v) is 6.82. The van der Waals surface area contributed by atoms with Crippen LogP contribution in [-0.2, 0) is 11.2 Å². The number of carbonyl (C=O) groups is 1. The van der Waals surface area contributed by atoms with Gasteiger partial charge in [0.05, 0.1) is 0 Å². The average Bonchev–Trinajstić information content (AvgIpc) is 2.29. The van der Waals surface area contributed by atoms with Gasteiger partial charge in [0.2, 0.25) is 5.91 Å². The third-order valence-corrected chi connectivity index (χ3v) is 3.81. The lowest BCUT2D eigenvalue weighted by Gasteiger charge is -2.32. The van der Waals surface area contributed by atoms with Gasteiger partial charge in [-0.25, -0.2) is 4.39 Å². The highest BCUT2D eigenvalue weighted by atomic mass is 35.5. The fourth-order valence-electron chi connectivity index (χ4n) is 2.30. The highest BCUT2D eigenvalue weighted by molar-refractivity contribution is 5.85. The molecule has 1 aromatic carbocycles. The molecule has 1 amide bonds. The van der Waals surface area contributed by atoms with Gasteiger partial charge in [0.15, 0.2) is 0 Å². The molecule has 0 aromatic heterocycles. The van der Waals surface area contributed by atoms with Crippen molar-refractivity contribution in [2.75, 3.05) is 13.1 Å². The Bertz CT molecular complexity index is 451. The Balaban J connectivity index is 0.00000200. The third kappa shape index (κ3) is 4.18. The third-order valence-electron chi connectivity index (χ3n) is 3.81. The van der Waals surface area contributed by atoms with E-state index in [9.17, 15) is 9.18 Å². The zero-order valence-electron chi connectivity index (χ0n) is 11.9. The van der Waals surface area contributed by atoms with Gasteiger partial charge < -0.3 is 10.6 Å². The molecule has 0 radical (unpaired) electrons. The summed E-state index contributed by atoms with van der Waals surface area (Å²) >= 11 is 0. The molecular weight excluding hydrogens is 279 g/mol. The van der Waals surface area contributed by atoms with Crippen LogP contribution in [0.3, 0.4) is 0 Å². The topological polar surface area (TPSA) is 41.1 Å². The Labute approximate surface area is 125 Å². The Kier molecular flexibility index (Phi) is 6.43. The molecule has 1 saturated heterocycles. The van der Waals surface area contributed by atoms with Crippen molar-refractivity contribution < 1.29 is 9.18 Å². The van der Waals surface area contributed by atoms with E-state index in [1.807, 2.05) is 19.9 Å². The molecule has 1 heterocycles. The van der Waals surface area contributed by atoms with Crippen molar-refractivity contribution in [1.82, 2.24) is 10.6 Å². The van der Waals surface area contributed by atoms with Gasteiger partial charge in [-0.1, -0.05) is 25.1 Å². The standard InChI is InChI=1S/C15H21FN2O.ClH/c1-10(7-12-5-3-4-6-14(12)16)18-15(19)11(2)13-8-17-9-13;/h3-6,10-11,13,17H,7-9H2,1-2H3,(H,18,19);1H. The van der Waals surface area contributed by atoms with E-state index >= 15 is 0 Å². The van der Waals surface area contributed by atoms with Crippen molar-refractivity contribution in [3.63, 3.8) is 0 Å². The van der Waals surface area contributed by atoms with E-state index in [0.717, 1.165) is 13.1 Å². The van der Waals surface area contributed by atoms with Crippen LogP contribution in [0.2, 0.25) is 0 Å². The first-order chi connectivity index (χ1) is 9.08. The zero-order chi connectivity index (χ0) is 13.8. The van der Waals surface area contributed by atoms with Crippen LogP contribution in [-0.4, -0.2) is 25.0 Å². The Morgan fingerprint density at radius 1 is 1.40 bits per heavy atom. The summed E-state index contributed by atoms with van der Waals surface area (Å²) in [7, 11) is 0. The highest BCUT2D eigenvalue weighted by Crippen LogP contribution is 2.16. The minimum Gasteiger partial charge on any atom is -0.353 e. The number of nitrogens with one attached hydrogen (secondary N) is 2. The van der Waals surface area contributed by atoms with Crippen molar-refractivity contribution in [3.8, 4) is 0 Å². The minimum absolute atomic E-state index is 0. The Morgan fingerprint density at radius 2 is 2.05 bits per heavy atom. The van der Waals surface area contributed by atoms with Gasteiger partial charge in [-0.15, -0.1) is 12.4 Å². The summed E-state index contributed by atoms with van der Waals surface area (Å²) in [6.45, 7) is 5.69. The minimum atomic E-state index is -0.208. The molecule has 2 N–H and O–H groups in total. The lowest BCUT2D eigenvalue weighted by Crippen LogP contribution is -2.50. The van der Waals surface area contributed by atoms with E-state index in [1.165, 1.54) is 6.07 Å². The molecule has 1 aromatic rings. The van der Waals surface area contributed by atoms with Crippen LogP contribution in [0.1, 0.15) is 19.4 Å². The number of hydrogen-bond donors (Lipinski definition) is 2. The van der Waals surface area contributed by atoms with Crippen molar-refractivity contribution in [3.05, 3.63) is 35.6 Å². The summed E-state index contributed by atoms with van der Waals surface area (Å²) in [5.74, 6) is 0.306. The van der Waals surface area contributed by atoms with E-state index in [-0.39, 0.29) is 36.1 Å². The number of amides is 1. The maximum atomic E-state index is 13.5. The molecule has 0 bridgehead atoms. The van der Waals surface area contributed by atoms with Gasteiger partial charge in [-0.05, 0) is 44.0 Å².